The first-order chi connectivity index (χ1) is 10.2. The van der Waals surface area contributed by atoms with Crippen LogP contribution in [0.1, 0.15) is 16.1 Å². The normalized spacial score (nSPS) is 11.0. The maximum absolute atomic E-state index is 11.5. The lowest BCUT2D eigenvalue weighted by Gasteiger charge is -1.95. The number of allylic oxidation sites excluding steroid dienone is 1. The van der Waals surface area contributed by atoms with Gasteiger partial charge in [0.2, 0.25) is 0 Å². The minimum Gasteiger partial charge on any atom is -0.459 e. The number of amides is 1. The van der Waals surface area contributed by atoms with Crippen molar-refractivity contribution in [1.82, 2.24) is 5.43 Å². The highest BCUT2D eigenvalue weighted by molar-refractivity contribution is 5.92. The van der Waals surface area contributed by atoms with Crippen molar-refractivity contribution in [3.8, 4) is 0 Å². The van der Waals surface area contributed by atoms with E-state index in [1.54, 1.807) is 24.3 Å². The summed E-state index contributed by atoms with van der Waals surface area (Å²) in [4.78, 5) is 21.8. The third-order valence-electron chi connectivity index (χ3n) is 2.48. The number of rotatable bonds is 5. The molecule has 0 radical (unpaired) electrons. The number of nitrogens with zero attached hydrogens (tertiary/aromatic N) is 2. The summed E-state index contributed by atoms with van der Waals surface area (Å²) < 4.78 is 4.88. The third kappa shape index (κ3) is 3.87. The number of nitro groups is 1. The van der Waals surface area contributed by atoms with Crippen LogP contribution >= 0.6 is 0 Å². The zero-order valence-corrected chi connectivity index (χ0v) is 10.8. The van der Waals surface area contributed by atoms with Gasteiger partial charge >= 0.3 is 5.91 Å². The van der Waals surface area contributed by atoms with E-state index >= 15 is 0 Å². The van der Waals surface area contributed by atoms with Crippen molar-refractivity contribution in [2.24, 2.45) is 5.10 Å². The molecule has 1 N–H and O–H groups in total. The molecular formula is C14H11N3O4. The Morgan fingerprint density at radius 1 is 1.29 bits per heavy atom. The van der Waals surface area contributed by atoms with E-state index in [0.717, 1.165) is 0 Å². The van der Waals surface area contributed by atoms with Crippen LogP contribution in [0.3, 0.4) is 0 Å². The maximum atomic E-state index is 11.5. The molecule has 0 saturated carbocycles. The summed E-state index contributed by atoms with van der Waals surface area (Å²) in [6, 6.07) is 9.41. The molecule has 0 atom stereocenters. The monoisotopic (exact) mass is 285 g/mol. The molecule has 1 aromatic carbocycles. The molecular weight excluding hydrogens is 274 g/mol. The molecule has 2 rings (SSSR count). The van der Waals surface area contributed by atoms with Crippen LogP contribution in [-0.2, 0) is 0 Å². The van der Waals surface area contributed by atoms with Crippen LogP contribution in [0.5, 0.6) is 0 Å². The first-order valence-corrected chi connectivity index (χ1v) is 5.95. The maximum Gasteiger partial charge on any atom is 0.307 e. The molecule has 0 spiro atoms. The summed E-state index contributed by atoms with van der Waals surface area (Å²) in [6.07, 6.45) is 5.72. The number of benzene rings is 1. The van der Waals surface area contributed by atoms with Crippen LogP contribution in [0, 0.1) is 10.1 Å². The highest BCUT2D eigenvalue weighted by atomic mass is 16.6. The lowest BCUT2D eigenvalue weighted by molar-refractivity contribution is -0.385. The van der Waals surface area contributed by atoms with Crippen LogP contribution < -0.4 is 5.43 Å². The number of furan rings is 1. The zero-order valence-electron chi connectivity index (χ0n) is 10.8. The summed E-state index contributed by atoms with van der Waals surface area (Å²) in [5, 5.41) is 14.5. The van der Waals surface area contributed by atoms with Crippen molar-refractivity contribution >= 4 is 23.9 Å². The molecule has 1 amide bonds. The van der Waals surface area contributed by atoms with Gasteiger partial charge in [0.05, 0.1) is 16.7 Å². The quantitative estimate of drug-likeness (QED) is 0.518. The molecule has 1 aromatic heterocycles. The number of para-hydroxylation sites is 1. The van der Waals surface area contributed by atoms with E-state index in [4.69, 9.17) is 4.42 Å². The Labute approximate surface area is 119 Å². The molecule has 0 fully saturated rings. The van der Waals surface area contributed by atoms with Crippen molar-refractivity contribution in [1.29, 1.82) is 0 Å². The number of hydrazone groups is 1. The second kappa shape index (κ2) is 6.80. The highest BCUT2D eigenvalue weighted by Crippen LogP contribution is 2.18. The molecule has 0 aliphatic rings. The predicted octanol–water partition coefficient (Wildman–Crippen LogP) is 2.62. The zero-order chi connectivity index (χ0) is 15.1. The summed E-state index contributed by atoms with van der Waals surface area (Å²) in [7, 11) is 0. The summed E-state index contributed by atoms with van der Waals surface area (Å²) in [5.74, 6) is -0.329. The third-order valence-corrected chi connectivity index (χ3v) is 2.48. The molecule has 0 bridgehead atoms. The van der Waals surface area contributed by atoms with E-state index < -0.39 is 10.8 Å². The molecule has 106 valence electrons. The Kier molecular flexibility index (Phi) is 4.60. The van der Waals surface area contributed by atoms with Gasteiger partial charge in [-0.15, -0.1) is 0 Å². The topological polar surface area (TPSA) is 97.7 Å². The average Bonchev–Trinajstić information content (AvgIpc) is 3.01. The second-order valence-corrected chi connectivity index (χ2v) is 3.87. The van der Waals surface area contributed by atoms with Gasteiger partial charge < -0.3 is 4.42 Å². The molecule has 0 saturated heterocycles. The number of carbonyl (C=O) groups excluding carboxylic acids is 1. The lowest BCUT2D eigenvalue weighted by atomic mass is 10.2. The molecule has 7 heteroatoms. The molecule has 0 aliphatic carbocycles. The highest BCUT2D eigenvalue weighted by Gasteiger charge is 2.08. The van der Waals surface area contributed by atoms with Gasteiger partial charge in [-0.3, -0.25) is 14.9 Å². The summed E-state index contributed by atoms with van der Waals surface area (Å²) >= 11 is 0. The standard InChI is InChI=1S/C14H11N3O4/c18-14(13-8-4-10-21-13)16-15-9-3-6-11-5-1-2-7-12(11)17(19)20/h1-10H,(H,16,18)/b6-3-,15-9+. The molecule has 21 heavy (non-hydrogen) atoms. The summed E-state index contributed by atoms with van der Waals surface area (Å²) in [5.41, 5.74) is 2.71. The molecule has 2 aromatic rings. The van der Waals surface area contributed by atoms with Crippen LogP contribution in [0.15, 0.2) is 58.3 Å². The average molecular weight is 285 g/mol. The van der Waals surface area contributed by atoms with Crippen LogP contribution in [0.4, 0.5) is 5.69 Å². The SMILES string of the molecule is O=C(N/N=C/C=C\c1ccccc1[N+](=O)[O-])c1ccco1. The van der Waals surface area contributed by atoms with Crippen LogP contribution in [0.2, 0.25) is 0 Å². The van der Waals surface area contributed by atoms with Crippen molar-refractivity contribution in [3.63, 3.8) is 0 Å². The first-order valence-electron chi connectivity index (χ1n) is 5.95. The van der Waals surface area contributed by atoms with Gasteiger partial charge in [-0.1, -0.05) is 12.1 Å². The van der Waals surface area contributed by atoms with E-state index in [9.17, 15) is 14.9 Å². The Bertz CT molecular complexity index is 690. The molecule has 0 unspecified atom stereocenters. The molecule has 0 aliphatic heterocycles. The fourth-order valence-corrected chi connectivity index (χ4v) is 1.54. The van der Waals surface area contributed by atoms with Crippen molar-refractivity contribution < 1.29 is 14.1 Å². The number of nitrogens with one attached hydrogen (secondary N) is 1. The van der Waals surface area contributed by atoms with Gasteiger partial charge in [-0.25, -0.2) is 5.43 Å². The molecule has 7 nitrogen and oxygen atoms in total. The van der Waals surface area contributed by atoms with Crippen molar-refractivity contribution in [3.05, 3.63) is 70.2 Å². The van der Waals surface area contributed by atoms with E-state index in [1.807, 2.05) is 0 Å². The van der Waals surface area contributed by atoms with Gasteiger partial charge in [0.25, 0.3) is 5.69 Å². The van der Waals surface area contributed by atoms with Gasteiger partial charge in [-0.05, 0) is 30.4 Å². The van der Waals surface area contributed by atoms with Gasteiger partial charge in [-0.2, -0.15) is 5.10 Å². The van der Waals surface area contributed by atoms with Crippen LogP contribution in [-0.4, -0.2) is 17.0 Å². The van der Waals surface area contributed by atoms with Crippen molar-refractivity contribution in [2.45, 2.75) is 0 Å². The number of carbonyl (C=O) groups is 1. The van der Waals surface area contributed by atoms with E-state index in [1.165, 1.54) is 36.8 Å². The van der Waals surface area contributed by atoms with E-state index in [2.05, 4.69) is 10.5 Å². The second-order valence-electron chi connectivity index (χ2n) is 3.87. The van der Waals surface area contributed by atoms with Gasteiger partial charge in [0.1, 0.15) is 0 Å². The Morgan fingerprint density at radius 3 is 2.81 bits per heavy atom. The van der Waals surface area contributed by atoms with E-state index in [0.29, 0.717) is 5.56 Å². The number of nitro benzene ring substituents is 1. The van der Waals surface area contributed by atoms with Crippen molar-refractivity contribution in [2.75, 3.05) is 0 Å². The van der Waals surface area contributed by atoms with E-state index in [-0.39, 0.29) is 11.4 Å². The lowest BCUT2D eigenvalue weighted by Crippen LogP contribution is -2.16. The smallest absolute Gasteiger partial charge is 0.307 e. The minimum atomic E-state index is -0.477. The Morgan fingerprint density at radius 2 is 2.10 bits per heavy atom. The van der Waals surface area contributed by atoms with Crippen LogP contribution in [0.25, 0.3) is 6.08 Å². The number of hydrogen-bond acceptors (Lipinski definition) is 5. The predicted molar refractivity (Wildman–Crippen MR) is 76.8 cm³/mol. The Hall–Kier alpha value is -3.22. The number of hydrogen-bond donors (Lipinski definition) is 1. The van der Waals surface area contributed by atoms with Gasteiger partial charge in [0.15, 0.2) is 5.76 Å². The first kappa shape index (κ1) is 14.2. The molecule has 1 heterocycles. The minimum absolute atomic E-state index is 0.00164. The summed E-state index contributed by atoms with van der Waals surface area (Å²) in [6.45, 7) is 0. The fraction of sp³-hybridized carbons (Fsp3) is 0. The fourth-order valence-electron chi connectivity index (χ4n) is 1.54. The largest absolute Gasteiger partial charge is 0.459 e. The Balaban J connectivity index is 1.95. The van der Waals surface area contributed by atoms with Gasteiger partial charge in [0, 0.05) is 12.3 Å².